The van der Waals surface area contributed by atoms with Crippen LogP contribution >= 0.6 is 0 Å². The molecule has 3 N–H and O–H groups in total. The van der Waals surface area contributed by atoms with Gasteiger partial charge in [0.2, 0.25) is 0 Å². The molecule has 27 heavy (non-hydrogen) atoms. The summed E-state index contributed by atoms with van der Waals surface area (Å²) in [6.07, 6.45) is 0.869. The molecule has 8 heteroatoms. The second-order valence-electron chi connectivity index (χ2n) is 6.74. The maximum atomic E-state index is 13.7. The molecule has 2 aromatic carbocycles. The molecule has 0 saturated carbocycles. The fourth-order valence-corrected chi connectivity index (χ4v) is 4.12. The molecule has 0 bridgehead atoms. The Labute approximate surface area is 158 Å². The van der Waals surface area contributed by atoms with Crippen LogP contribution < -0.4 is 10.5 Å². The fraction of sp³-hybridized carbons (Fsp3) is 0.316. The van der Waals surface area contributed by atoms with Crippen LogP contribution in [0.4, 0.5) is 10.1 Å². The van der Waals surface area contributed by atoms with Crippen LogP contribution in [0.1, 0.15) is 22.3 Å². The average Bonchev–Trinajstić information content (AvgIpc) is 3.12. The first-order chi connectivity index (χ1) is 12.8. The lowest BCUT2D eigenvalue weighted by molar-refractivity contribution is 0.0787. The van der Waals surface area contributed by atoms with E-state index in [9.17, 15) is 17.6 Å². The van der Waals surface area contributed by atoms with E-state index >= 15 is 0 Å². The Hall–Kier alpha value is -2.45. The lowest BCUT2D eigenvalue weighted by Gasteiger charge is -2.17. The van der Waals surface area contributed by atoms with Crippen molar-refractivity contribution in [2.75, 3.05) is 24.4 Å². The van der Waals surface area contributed by atoms with E-state index in [4.69, 9.17) is 5.73 Å². The van der Waals surface area contributed by atoms with Gasteiger partial charge in [0, 0.05) is 24.3 Å². The summed E-state index contributed by atoms with van der Waals surface area (Å²) in [5.41, 5.74) is 6.66. The highest BCUT2D eigenvalue weighted by molar-refractivity contribution is 7.92. The van der Waals surface area contributed by atoms with E-state index in [1.807, 2.05) is 0 Å². The minimum atomic E-state index is -3.96. The zero-order chi connectivity index (χ0) is 19.6. The van der Waals surface area contributed by atoms with Crippen LogP contribution in [0.25, 0.3) is 0 Å². The largest absolute Gasteiger partial charge is 0.338 e. The first-order valence-electron chi connectivity index (χ1n) is 8.68. The standard InChI is InChI=1S/C19H22FN3O3S/c1-13-5-6-17(10-18(13)20)27(25,26)22-16-4-2-3-15(9-16)19(24)23-8-7-14(11-21)12-23/h2-6,9-10,14,22H,7-8,11-12,21H2,1H3. The Kier molecular flexibility index (Phi) is 5.48. The molecule has 0 radical (unpaired) electrons. The van der Waals surface area contributed by atoms with Gasteiger partial charge in [-0.2, -0.15) is 0 Å². The van der Waals surface area contributed by atoms with E-state index in [-0.39, 0.29) is 16.5 Å². The number of nitrogens with zero attached hydrogens (tertiary/aromatic N) is 1. The van der Waals surface area contributed by atoms with Crippen LogP contribution in [0.2, 0.25) is 0 Å². The number of rotatable bonds is 5. The second kappa shape index (κ2) is 7.66. The van der Waals surface area contributed by atoms with Crippen LogP contribution in [0.3, 0.4) is 0 Å². The van der Waals surface area contributed by atoms with Gasteiger partial charge in [-0.15, -0.1) is 0 Å². The molecule has 1 fully saturated rings. The minimum Gasteiger partial charge on any atom is -0.338 e. The van der Waals surface area contributed by atoms with E-state index in [1.165, 1.54) is 18.2 Å². The van der Waals surface area contributed by atoms with Crippen LogP contribution in [0, 0.1) is 18.7 Å². The van der Waals surface area contributed by atoms with E-state index in [0.717, 1.165) is 12.5 Å². The van der Waals surface area contributed by atoms with Crippen molar-refractivity contribution in [2.24, 2.45) is 11.7 Å². The molecule has 2 aromatic rings. The van der Waals surface area contributed by atoms with Crippen molar-refractivity contribution in [3.63, 3.8) is 0 Å². The van der Waals surface area contributed by atoms with Gasteiger partial charge in [0.25, 0.3) is 15.9 Å². The number of halogens is 1. The number of nitrogens with one attached hydrogen (secondary N) is 1. The molecule has 0 aromatic heterocycles. The van der Waals surface area contributed by atoms with Gasteiger partial charge in [-0.25, -0.2) is 12.8 Å². The molecule has 1 aliphatic heterocycles. The minimum absolute atomic E-state index is 0.159. The van der Waals surface area contributed by atoms with Crippen molar-refractivity contribution in [1.29, 1.82) is 0 Å². The molecule has 1 aliphatic rings. The van der Waals surface area contributed by atoms with Crippen LogP contribution in [-0.4, -0.2) is 38.9 Å². The number of nitrogens with two attached hydrogens (primary N) is 1. The Morgan fingerprint density at radius 1 is 1.30 bits per heavy atom. The molecule has 1 heterocycles. The number of benzene rings is 2. The lowest BCUT2D eigenvalue weighted by Crippen LogP contribution is -2.29. The molecule has 1 atom stereocenters. The molecule has 0 aliphatic carbocycles. The van der Waals surface area contributed by atoms with Crippen molar-refractivity contribution in [3.8, 4) is 0 Å². The summed E-state index contributed by atoms with van der Waals surface area (Å²) >= 11 is 0. The zero-order valence-electron chi connectivity index (χ0n) is 15.0. The van der Waals surface area contributed by atoms with Crippen LogP contribution in [0.5, 0.6) is 0 Å². The summed E-state index contributed by atoms with van der Waals surface area (Å²) in [5.74, 6) is -0.453. The van der Waals surface area contributed by atoms with Gasteiger partial charge in [0.15, 0.2) is 0 Å². The van der Waals surface area contributed by atoms with Crippen molar-refractivity contribution < 1.29 is 17.6 Å². The molecule has 1 saturated heterocycles. The summed E-state index contributed by atoms with van der Waals surface area (Å²) in [5, 5.41) is 0. The average molecular weight is 391 g/mol. The summed E-state index contributed by atoms with van der Waals surface area (Å²) in [4.78, 5) is 14.2. The molecule has 1 unspecified atom stereocenters. The highest BCUT2D eigenvalue weighted by atomic mass is 32.2. The normalized spacial score (nSPS) is 17.1. The Morgan fingerprint density at radius 3 is 2.74 bits per heavy atom. The predicted octanol–water partition coefficient (Wildman–Crippen LogP) is 2.36. The Balaban J connectivity index is 1.79. The summed E-state index contributed by atoms with van der Waals surface area (Å²) < 4.78 is 41.1. The van der Waals surface area contributed by atoms with E-state index < -0.39 is 15.8 Å². The summed E-state index contributed by atoms with van der Waals surface area (Å²) in [6, 6.07) is 10.0. The van der Waals surface area contributed by atoms with E-state index in [0.29, 0.717) is 36.7 Å². The van der Waals surface area contributed by atoms with E-state index in [1.54, 1.807) is 30.0 Å². The van der Waals surface area contributed by atoms with Crippen molar-refractivity contribution in [1.82, 2.24) is 4.90 Å². The first-order valence-corrected chi connectivity index (χ1v) is 10.2. The van der Waals surface area contributed by atoms with Crippen molar-refractivity contribution in [3.05, 3.63) is 59.4 Å². The number of carbonyl (C=O) groups excluding carboxylic acids is 1. The van der Waals surface area contributed by atoms with Gasteiger partial charge in [0.05, 0.1) is 4.90 Å². The zero-order valence-corrected chi connectivity index (χ0v) is 15.8. The molecule has 3 rings (SSSR count). The monoisotopic (exact) mass is 391 g/mol. The smallest absolute Gasteiger partial charge is 0.261 e. The fourth-order valence-electron chi connectivity index (χ4n) is 3.06. The van der Waals surface area contributed by atoms with Crippen LogP contribution in [-0.2, 0) is 10.0 Å². The van der Waals surface area contributed by atoms with Crippen LogP contribution in [0.15, 0.2) is 47.4 Å². The molecule has 6 nitrogen and oxygen atoms in total. The third-order valence-electron chi connectivity index (χ3n) is 4.72. The lowest BCUT2D eigenvalue weighted by atomic mass is 10.1. The second-order valence-corrected chi connectivity index (χ2v) is 8.42. The third-order valence-corrected chi connectivity index (χ3v) is 6.10. The summed E-state index contributed by atoms with van der Waals surface area (Å²) in [6.45, 7) is 3.34. The number of carbonyl (C=O) groups is 1. The van der Waals surface area contributed by atoms with Gasteiger partial charge >= 0.3 is 0 Å². The number of hydrogen-bond donors (Lipinski definition) is 2. The highest BCUT2D eigenvalue weighted by Crippen LogP contribution is 2.22. The molecular weight excluding hydrogens is 369 g/mol. The number of aryl methyl sites for hydroxylation is 1. The predicted molar refractivity (Wildman–Crippen MR) is 101 cm³/mol. The maximum absolute atomic E-state index is 13.7. The molecule has 1 amide bonds. The number of sulfonamides is 1. The molecular formula is C19H22FN3O3S. The highest BCUT2D eigenvalue weighted by Gasteiger charge is 2.26. The van der Waals surface area contributed by atoms with E-state index in [2.05, 4.69) is 4.72 Å². The van der Waals surface area contributed by atoms with Gasteiger partial charge in [-0.1, -0.05) is 12.1 Å². The number of amides is 1. The topological polar surface area (TPSA) is 92.5 Å². The quantitative estimate of drug-likeness (QED) is 0.818. The summed E-state index contributed by atoms with van der Waals surface area (Å²) in [7, 11) is -3.96. The third kappa shape index (κ3) is 4.28. The van der Waals surface area contributed by atoms with Gasteiger partial charge in [-0.05, 0) is 61.7 Å². The Bertz CT molecular complexity index is 962. The first kappa shape index (κ1) is 19.3. The number of likely N-dealkylation sites (tertiary alicyclic amines) is 1. The SMILES string of the molecule is Cc1ccc(S(=O)(=O)Nc2cccc(C(=O)N3CCC(CN)C3)c2)cc1F. The van der Waals surface area contributed by atoms with Gasteiger partial charge < -0.3 is 10.6 Å². The Morgan fingerprint density at radius 2 is 2.07 bits per heavy atom. The number of anilines is 1. The van der Waals surface area contributed by atoms with Gasteiger partial charge in [-0.3, -0.25) is 9.52 Å². The maximum Gasteiger partial charge on any atom is 0.261 e. The number of hydrogen-bond acceptors (Lipinski definition) is 4. The van der Waals surface area contributed by atoms with Crippen molar-refractivity contribution in [2.45, 2.75) is 18.2 Å². The van der Waals surface area contributed by atoms with Gasteiger partial charge in [0.1, 0.15) is 5.82 Å². The van der Waals surface area contributed by atoms with Crippen molar-refractivity contribution >= 4 is 21.6 Å². The molecule has 144 valence electrons. The molecule has 0 spiro atoms.